The molecule has 0 bridgehead atoms. The first kappa shape index (κ1) is 20.3. The number of amides is 1. The number of aliphatic hydroxyl groups excluding tert-OH is 1. The maximum Gasteiger partial charge on any atom is 0.253 e. The number of nitrogens with one attached hydrogen (secondary N) is 2. The van der Waals surface area contributed by atoms with Crippen molar-refractivity contribution >= 4 is 22.5 Å². The summed E-state index contributed by atoms with van der Waals surface area (Å²) >= 11 is 0. The van der Waals surface area contributed by atoms with E-state index >= 15 is 0 Å². The number of carbonyl (C=O) groups is 1. The molecule has 3 N–H and O–H groups in total. The first-order valence-corrected chi connectivity index (χ1v) is 10.3. The third kappa shape index (κ3) is 4.42. The molecule has 0 saturated carbocycles. The molecule has 1 atom stereocenters. The smallest absolute Gasteiger partial charge is 0.253 e. The van der Waals surface area contributed by atoms with Gasteiger partial charge < -0.3 is 25.0 Å². The fourth-order valence-electron chi connectivity index (χ4n) is 3.99. The van der Waals surface area contributed by atoms with Crippen molar-refractivity contribution in [1.29, 1.82) is 0 Å². The van der Waals surface area contributed by atoms with Crippen molar-refractivity contribution in [2.24, 2.45) is 0 Å². The first-order valence-electron chi connectivity index (χ1n) is 10.3. The third-order valence-electron chi connectivity index (χ3n) is 5.60. The highest BCUT2D eigenvalue weighted by atomic mass is 16.5. The number of piperazine rings is 1. The number of fused-ring (bicyclic) bond motifs is 1. The van der Waals surface area contributed by atoms with Gasteiger partial charge in [-0.25, -0.2) is 0 Å². The number of benzene rings is 2. The fourth-order valence-corrected chi connectivity index (χ4v) is 3.99. The van der Waals surface area contributed by atoms with E-state index in [4.69, 9.17) is 4.74 Å². The average Bonchev–Trinajstić information content (AvgIpc) is 3.22. The van der Waals surface area contributed by atoms with Gasteiger partial charge in [-0.3, -0.25) is 9.69 Å². The van der Waals surface area contributed by atoms with Crippen molar-refractivity contribution in [2.45, 2.75) is 6.10 Å². The third-order valence-corrected chi connectivity index (χ3v) is 5.60. The summed E-state index contributed by atoms with van der Waals surface area (Å²) in [5, 5.41) is 14.2. The zero-order valence-corrected chi connectivity index (χ0v) is 17.2. The van der Waals surface area contributed by atoms with Gasteiger partial charge in [0.15, 0.2) is 0 Å². The highest BCUT2D eigenvalue weighted by Gasteiger charge is 2.21. The summed E-state index contributed by atoms with van der Waals surface area (Å²) in [5.74, 6) is 0.707. The van der Waals surface area contributed by atoms with Crippen molar-refractivity contribution in [2.75, 3.05) is 51.3 Å². The molecule has 7 nitrogen and oxygen atoms in total. The van der Waals surface area contributed by atoms with Crippen LogP contribution in [0.1, 0.15) is 10.4 Å². The SMILES string of the molecule is COc1ccccc1N1CCN(CC(O)CNC(=O)c2c[nH]c3ccccc23)CC1. The van der Waals surface area contributed by atoms with Gasteiger partial charge >= 0.3 is 0 Å². The molecule has 158 valence electrons. The van der Waals surface area contributed by atoms with Crippen molar-refractivity contribution in [3.63, 3.8) is 0 Å². The van der Waals surface area contributed by atoms with Crippen LogP contribution in [0.15, 0.2) is 54.7 Å². The number of hydrogen-bond acceptors (Lipinski definition) is 5. The summed E-state index contributed by atoms with van der Waals surface area (Å²) in [6.07, 6.45) is 1.10. The lowest BCUT2D eigenvalue weighted by Crippen LogP contribution is -2.50. The quantitative estimate of drug-likeness (QED) is 0.558. The second-order valence-electron chi connectivity index (χ2n) is 7.57. The first-order chi connectivity index (χ1) is 14.7. The summed E-state index contributed by atoms with van der Waals surface area (Å²) in [5.41, 5.74) is 2.63. The van der Waals surface area contributed by atoms with Crippen LogP contribution in [-0.2, 0) is 0 Å². The Labute approximate surface area is 176 Å². The predicted molar refractivity (Wildman–Crippen MR) is 118 cm³/mol. The van der Waals surface area contributed by atoms with Crippen LogP contribution < -0.4 is 15.0 Å². The van der Waals surface area contributed by atoms with E-state index in [1.807, 2.05) is 42.5 Å². The predicted octanol–water partition coefficient (Wildman–Crippen LogP) is 2.09. The molecule has 1 aliphatic rings. The van der Waals surface area contributed by atoms with Gasteiger partial charge in [0.2, 0.25) is 0 Å². The normalized spacial score (nSPS) is 15.9. The molecule has 1 unspecified atom stereocenters. The minimum atomic E-state index is -0.614. The number of aromatic amines is 1. The Kier molecular flexibility index (Phi) is 6.21. The van der Waals surface area contributed by atoms with Crippen LogP contribution in [0.5, 0.6) is 5.75 Å². The van der Waals surface area contributed by atoms with Crippen LogP contribution in [0, 0.1) is 0 Å². The van der Waals surface area contributed by atoms with Gasteiger partial charge in [0.1, 0.15) is 5.75 Å². The molecular weight excluding hydrogens is 380 g/mol. The number of ether oxygens (including phenoxy) is 1. The topological polar surface area (TPSA) is 80.8 Å². The number of H-pyrrole nitrogens is 1. The van der Waals surface area contributed by atoms with Crippen LogP contribution >= 0.6 is 0 Å². The molecule has 0 radical (unpaired) electrons. The van der Waals surface area contributed by atoms with Gasteiger partial charge in [-0.05, 0) is 18.2 Å². The van der Waals surface area contributed by atoms with Gasteiger partial charge in [-0.2, -0.15) is 0 Å². The van der Waals surface area contributed by atoms with Crippen LogP contribution in [0.3, 0.4) is 0 Å². The monoisotopic (exact) mass is 408 g/mol. The van der Waals surface area contributed by atoms with E-state index in [0.717, 1.165) is 48.5 Å². The molecule has 1 amide bonds. The minimum Gasteiger partial charge on any atom is -0.495 e. The number of anilines is 1. The molecule has 2 aromatic carbocycles. The molecule has 0 aliphatic carbocycles. The summed E-state index contributed by atoms with van der Waals surface area (Å²) in [4.78, 5) is 20.1. The Balaban J connectivity index is 1.25. The highest BCUT2D eigenvalue weighted by Crippen LogP contribution is 2.28. The molecule has 30 heavy (non-hydrogen) atoms. The lowest BCUT2D eigenvalue weighted by molar-refractivity contribution is 0.0853. The summed E-state index contributed by atoms with van der Waals surface area (Å²) in [6, 6.07) is 15.7. The summed E-state index contributed by atoms with van der Waals surface area (Å²) in [7, 11) is 1.69. The van der Waals surface area contributed by atoms with Gasteiger partial charge in [-0.1, -0.05) is 30.3 Å². The number of rotatable bonds is 7. The van der Waals surface area contributed by atoms with E-state index in [9.17, 15) is 9.90 Å². The molecule has 1 aliphatic heterocycles. The number of para-hydroxylation sites is 3. The maximum atomic E-state index is 12.5. The van der Waals surface area contributed by atoms with Crippen LogP contribution in [0.25, 0.3) is 10.9 Å². The van der Waals surface area contributed by atoms with Crippen LogP contribution in [0.2, 0.25) is 0 Å². The maximum absolute atomic E-state index is 12.5. The lowest BCUT2D eigenvalue weighted by atomic mass is 10.1. The van der Waals surface area contributed by atoms with Crippen molar-refractivity contribution in [3.05, 3.63) is 60.3 Å². The standard InChI is InChI=1S/C23H28N4O3/c1-30-22-9-5-4-8-21(22)27-12-10-26(11-13-27)16-17(28)14-25-23(29)19-15-24-20-7-3-2-6-18(19)20/h2-9,15,17,24,28H,10-14,16H2,1H3,(H,25,29). The molecule has 4 rings (SSSR count). The summed E-state index contributed by atoms with van der Waals surface area (Å²) in [6.45, 7) is 4.21. The fraction of sp³-hybridized carbons (Fsp3) is 0.348. The molecule has 3 aromatic rings. The number of aromatic nitrogens is 1. The van der Waals surface area contributed by atoms with E-state index in [1.165, 1.54) is 0 Å². The van der Waals surface area contributed by atoms with Gasteiger partial charge in [0, 0.05) is 56.4 Å². The largest absolute Gasteiger partial charge is 0.495 e. The van der Waals surface area contributed by atoms with E-state index in [-0.39, 0.29) is 12.5 Å². The van der Waals surface area contributed by atoms with Crippen LogP contribution in [0.4, 0.5) is 5.69 Å². The van der Waals surface area contributed by atoms with E-state index < -0.39 is 6.10 Å². The average molecular weight is 409 g/mol. The number of aliphatic hydroxyl groups is 1. The second kappa shape index (κ2) is 9.19. The van der Waals surface area contributed by atoms with Crippen LogP contribution in [-0.4, -0.2) is 73.4 Å². The number of hydrogen-bond donors (Lipinski definition) is 3. The Morgan fingerprint density at radius 2 is 1.87 bits per heavy atom. The Bertz CT molecular complexity index is 995. The molecule has 2 heterocycles. The molecular formula is C23H28N4O3. The van der Waals surface area contributed by atoms with E-state index in [0.29, 0.717) is 12.1 Å². The van der Waals surface area contributed by atoms with E-state index in [1.54, 1.807) is 13.3 Å². The van der Waals surface area contributed by atoms with Crippen molar-refractivity contribution in [3.8, 4) is 5.75 Å². The van der Waals surface area contributed by atoms with E-state index in [2.05, 4.69) is 26.2 Å². The number of β-amino-alcohol motifs (C(OH)–C–C–N with tert-alkyl or cyclic N) is 1. The molecule has 1 saturated heterocycles. The zero-order chi connectivity index (χ0) is 20.9. The molecule has 1 aromatic heterocycles. The molecule has 1 fully saturated rings. The lowest BCUT2D eigenvalue weighted by Gasteiger charge is -2.37. The molecule has 0 spiro atoms. The van der Waals surface area contributed by atoms with Crippen molar-refractivity contribution < 1.29 is 14.6 Å². The van der Waals surface area contributed by atoms with Gasteiger partial charge in [-0.15, -0.1) is 0 Å². The second-order valence-corrected chi connectivity index (χ2v) is 7.57. The number of carbonyl (C=O) groups excluding carboxylic acids is 1. The molecule has 7 heteroatoms. The zero-order valence-electron chi connectivity index (χ0n) is 17.2. The van der Waals surface area contributed by atoms with Crippen molar-refractivity contribution in [1.82, 2.24) is 15.2 Å². The minimum absolute atomic E-state index is 0.174. The number of methoxy groups -OCH3 is 1. The summed E-state index contributed by atoms with van der Waals surface area (Å²) < 4.78 is 5.46. The Morgan fingerprint density at radius 3 is 2.67 bits per heavy atom. The van der Waals surface area contributed by atoms with Gasteiger partial charge in [0.25, 0.3) is 5.91 Å². The Hall–Kier alpha value is -3.03. The highest BCUT2D eigenvalue weighted by molar-refractivity contribution is 6.06. The van der Waals surface area contributed by atoms with Gasteiger partial charge in [0.05, 0.1) is 24.5 Å². The Morgan fingerprint density at radius 1 is 1.13 bits per heavy atom. The number of nitrogens with zero attached hydrogens (tertiary/aromatic N) is 2.